The molecule has 0 bridgehead atoms. The van der Waals surface area contributed by atoms with E-state index < -0.39 is 24.1 Å². The molecule has 0 heterocycles. The lowest BCUT2D eigenvalue weighted by molar-refractivity contribution is -0.143. The van der Waals surface area contributed by atoms with Crippen LogP contribution in [0.15, 0.2) is 183 Å². The van der Waals surface area contributed by atoms with Crippen molar-refractivity contribution >= 4 is 46.1 Å². The molecule has 2 atom stereocenters. The Hall–Kier alpha value is -6.66. The minimum Gasteiger partial charge on any atom is -0.455 e. The molecule has 2 unspecified atom stereocenters. The second-order valence-corrected chi connectivity index (χ2v) is 12.2. The fraction of sp³-hybridized carbons (Fsp3) is 0.0870. The molecule has 0 amide bonds. The van der Waals surface area contributed by atoms with Crippen LogP contribution in [0.1, 0.15) is 37.2 Å². The van der Waals surface area contributed by atoms with Crippen molar-refractivity contribution in [1.82, 2.24) is 0 Å². The molecule has 0 N–H and O–H groups in total. The molecule has 6 aromatic carbocycles. The van der Waals surface area contributed by atoms with Gasteiger partial charge in [0.15, 0.2) is 0 Å². The number of nitrogens with zero attached hydrogens (tertiary/aromatic N) is 2. The number of carbonyl (C=O) groups is 2. The fourth-order valence-electron chi connectivity index (χ4n) is 6.07. The van der Waals surface area contributed by atoms with Gasteiger partial charge in [-0.3, -0.25) is 0 Å². The maximum atomic E-state index is 11.9. The van der Waals surface area contributed by atoms with Gasteiger partial charge in [-0.05, 0) is 109 Å². The molecule has 258 valence electrons. The van der Waals surface area contributed by atoms with E-state index in [2.05, 4.69) is 95.8 Å². The van der Waals surface area contributed by atoms with Gasteiger partial charge < -0.3 is 19.3 Å². The van der Waals surface area contributed by atoms with Gasteiger partial charge in [-0.1, -0.05) is 98.1 Å². The Morgan fingerprint density at radius 3 is 1.13 bits per heavy atom. The molecule has 6 heteroatoms. The molecular formula is C46H40N2O4. The quantitative estimate of drug-likeness (QED) is 0.0891. The van der Waals surface area contributed by atoms with Crippen molar-refractivity contribution in [3.8, 4) is 11.1 Å². The summed E-state index contributed by atoms with van der Waals surface area (Å²) >= 11 is 0. The number of hydrogen-bond donors (Lipinski definition) is 0. The number of rotatable bonds is 13. The van der Waals surface area contributed by atoms with E-state index in [0.29, 0.717) is 0 Å². The van der Waals surface area contributed by atoms with Crippen LogP contribution in [0.4, 0.5) is 34.1 Å². The lowest BCUT2D eigenvalue weighted by Gasteiger charge is -2.27. The van der Waals surface area contributed by atoms with Gasteiger partial charge in [0, 0.05) is 46.3 Å². The van der Waals surface area contributed by atoms with E-state index in [1.165, 1.54) is 12.2 Å². The minimum atomic E-state index is -0.457. The largest absolute Gasteiger partial charge is 0.455 e. The number of hydrogen-bond acceptors (Lipinski definition) is 6. The van der Waals surface area contributed by atoms with Gasteiger partial charge in [0.2, 0.25) is 0 Å². The molecule has 52 heavy (non-hydrogen) atoms. The first-order chi connectivity index (χ1) is 25.3. The van der Waals surface area contributed by atoms with Crippen molar-refractivity contribution in [2.24, 2.45) is 0 Å². The van der Waals surface area contributed by atoms with Crippen molar-refractivity contribution in [3.63, 3.8) is 0 Å². The molecule has 0 saturated carbocycles. The third-order valence-corrected chi connectivity index (χ3v) is 8.73. The van der Waals surface area contributed by atoms with E-state index in [1.807, 2.05) is 98.8 Å². The summed E-state index contributed by atoms with van der Waals surface area (Å²) in [6, 6.07) is 53.4. The van der Waals surface area contributed by atoms with Gasteiger partial charge in [-0.15, -0.1) is 0 Å². The number of esters is 2. The molecule has 0 fully saturated rings. The van der Waals surface area contributed by atoms with Crippen LogP contribution in [0.25, 0.3) is 11.1 Å². The summed E-state index contributed by atoms with van der Waals surface area (Å²) in [5.74, 6) is -0.913. The standard InChI is InChI=1S/C46H40N2O4/c1-5-45(49)51-33(3)37-15-13-21-43(31-37)47(39-17-9-7-10-18-39)41-27-23-35(24-28-41)36-25-29-42(30-26-36)48(40-19-11-8-12-20-40)44-22-14-16-38(32-44)34(4)52-46(50)6-2/h5-34H,1-2H2,3-4H3. The third-order valence-electron chi connectivity index (χ3n) is 8.73. The molecule has 0 aliphatic carbocycles. The smallest absolute Gasteiger partial charge is 0.330 e. The van der Waals surface area contributed by atoms with Crippen LogP contribution in [0.3, 0.4) is 0 Å². The normalized spacial score (nSPS) is 11.8. The van der Waals surface area contributed by atoms with Gasteiger partial charge in [0.1, 0.15) is 12.2 Å². The van der Waals surface area contributed by atoms with Crippen LogP contribution in [-0.4, -0.2) is 11.9 Å². The van der Waals surface area contributed by atoms with Crippen LogP contribution in [0.2, 0.25) is 0 Å². The van der Waals surface area contributed by atoms with Crippen molar-refractivity contribution < 1.29 is 19.1 Å². The Morgan fingerprint density at radius 2 is 0.788 bits per heavy atom. The molecule has 6 nitrogen and oxygen atoms in total. The van der Waals surface area contributed by atoms with Gasteiger partial charge in [0.25, 0.3) is 0 Å². The second-order valence-electron chi connectivity index (χ2n) is 12.2. The number of anilines is 6. The predicted octanol–water partition coefficient (Wildman–Crippen LogP) is 11.9. The highest BCUT2D eigenvalue weighted by Gasteiger charge is 2.18. The maximum Gasteiger partial charge on any atom is 0.330 e. The summed E-state index contributed by atoms with van der Waals surface area (Å²) in [5.41, 5.74) is 9.80. The Bertz CT molecular complexity index is 1990. The average molecular weight is 685 g/mol. The second kappa shape index (κ2) is 16.4. The highest BCUT2D eigenvalue weighted by atomic mass is 16.5. The van der Waals surface area contributed by atoms with Crippen LogP contribution in [0.5, 0.6) is 0 Å². The molecular weight excluding hydrogens is 645 g/mol. The summed E-state index contributed by atoms with van der Waals surface area (Å²) in [7, 11) is 0. The Morgan fingerprint density at radius 1 is 0.462 bits per heavy atom. The molecule has 0 spiro atoms. The zero-order chi connectivity index (χ0) is 36.5. The van der Waals surface area contributed by atoms with Crippen molar-refractivity contribution in [2.75, 3.05) is 9.80 Å². The topological polar surface area (TPSA) is 59.1 Å². The summed E-state index contributed by atoms with van der Waals surface area (Å²) in [6.07, 6.45) is 1.50. The Kier molecular flexibility index (Phi) is 11.1. The van der Waals surface area contributed by atoms with Crippen LogP contribution in [0, 0.1) is 0 Å². The molecule has 0 aliphatic heterocycles. The first kappa shape index (κ1) is 35.2. The number of carbonyl (C=O) groups excluding carboxylic acids is 2. The molecule has 0 aliphatic rings. The Balaban J connectivity index is 1.30. The van der Waals surface area contributed by atoms with Crippen molar-refractivity contribution in [3.05, 3.63) is 194 Å². The minimum absolute atomic E-state index is 0.430. The summed E-state index contributed by atoms with van der Waals surface area (Å²) in [6.45, 7) is 10.7. The molecule has 0 saturated heterocycles. The van der Waals surface area contributed by atoms with Crippen molar-refractivity contribution in [2.45, 2.75) is 26.1 Å². The monoisotopic (exact) mass is 684 g/mol. The van der Waals surface area contributed by atoms with E-state index in [4.69, 9.17) is 9.47 Å². The molecule has 6 rings (SSSR count). The van der Waals surface area contributed by atoms with E-state index in [1.54, 1.807) is 0 Å². The first-order valence-electron chi connectivity index (χ1n) is 17.1. The lowest BCUT2D eigenvalue weighted by atomic mass is 10.0. The molecule has 6 aromatic rings. The van der Waals surface area contributed by atoms with Gasteiger partial charge >= 0.3 is 11.9 Å². The maximum absolute atomic E-state index is 11.9. The third kappa shape index (κ3) is 8.20. The van der Waals surface area contributed by atoms with Crippen molar-refractivity contribution in [1.29, 1.82) is 0 Å². The zero-order valence-electron chi connectivity index (χ0n) is 29.3. The highest BCUT2D eigenvalue weighted by molar-refractivity contribution is 5.83. The van der Waals surface area contributed by atoms with E-state index >= 15 is 0 Å². The summed E-state index contributed by atoms with van der Waals surface area (Å²) < 4.78 is 11.0. The van der Waals surface area contributed by atoms with Crippen LogP contribution >= 0.6 is 0 Å². The number of benzene rings is 6. The van der Waals surface area contributed by atoms with Gasteiger partial charge in [0.05, 0.1) is 0 Å². The van der Waals surface area contributed by atoms with Gasteiger partial charge in [-0.2, -0.15) is 0 Å². The number of ether oxygens (including phenoxy) is 2. The van der Waals surface area contributed by atoms with Crippen LogP contribution < -0.4 is 9.80 Å². The molecule has 0 radical (unpaired) electrons. The fourth-order valence-corrected chi connectivity index (χ4v) is 6.07. The number of para-hydroxylation sites is 2. The van der Waals surface area contributed by atoms with E-state index in [9.17, 15) is 9.59 Å². The summed E-state index contributed by atoms with van der Waals surface area (Å²) in [4.78, 5) is 28.2. The Labute approximate surface area is 305 Å². The van der Waals surface area contributed by atoms with E-state index in [-0.39, 0.29) is 0 Å². The van der Waals surface area contributed by atoms with Crippen LogP contribution in [-0.2, 0) is 19.1 Å². The summed E-state index contributed by atoms with van der Waals surface area (Å²) in [5, 5.41) is 0. The first-order valence-corrected chi connectivity index (χ1v) is 17.1. The highest BCUT2D eigenvalue weighted by Crippen LogP contribution is 2.39. The van der Waals surface area contributed by atoms with Gasteiger partial charge in [-0.25, -0.2) is 9.59 Å². The van der Waals surface area contributed by atoms with E-state index in [0.717, 1.165) is 56.4 Å². The average Bonchev–Trinajstić information content (AvgIpc) is 3.19. The predicted molar refractivity (Wildman–Crippen MR) is 211 cm³/mol. The zero-order valence-corrected chi connectivity index (χ0v) is 29.3. The lowest BCUT2D eigenvalue weighted by Crippen LogP contribution is -2.11. The molecule has 0 aromatic heterocycles. The SMILES string of the molecule is C=CC(=O)OC(C)c1cccc(N(c2ccccc2)c2ccc(-c3ccc(N(c4ccccc4)c4cccc(C(C)OC(=O)C=C)c4)cc3)cc2)c1.